The highest BCUT2D eigenvalue weighted by Gasteiger charge is 2.24. The summed E-state index contributed by atoms with van der Waals surface area (Å²) in [6.45, 7) is 0. The van der Waals surface area contributed by atoms with E-state index in [0.717, 1.165) is 67.2 Å². The van der Waals surface area contributed by atoms with Crippen LogP contribution in [0.1, 0.15) is 0 Å². The summed E-state index contributed by atoms with van der Waals surface area (Å²) in [4.78, 5) is 4.87. The number of hydrogen-bond acceptors (Lipinski definition) is 2. The summed E-state index contributed by atoms with van der Waals surface area (Å²) in [7, 11) is 0. The van der Waals surface area contributed by atoms with E-state index in [-0.39, 0.29) is 0 Å². The standard InChI is InChI=1S/C70H50N2/c1-7-19-51(20-8-1)55-31-40-62(41-32-55)71(63-42-33-56(34-43-63)52-21-9-2-10-22-52)68-48-39-61-49-66(59-27-15-5-16-28-59)69(50-67(61)70(68)60-29-17-6-18-30-60)72(64-44-35-57(36-45-64)53-23-11-3-12-24-53)65-46-37-58(38-47-65)54-25-13-4-14-26-54/h1-50H. The minimum absolute atomic E-state index is 1.06. The van der Waals surface area contributed by atoms with Crippen molar-refractivity contribution in [3.63, 3.8) is 0 Å². The van der Waals surface area contributed by atoms with Gasteiger partial charge in [0.25, 0.3) is 0 Å². The Hall–Kier alpha value is -9.50. The fourth-order valence-corrected chi connectivity index (χ4v) is 10.1. The molecular weight excluding hydrogens is 869 g/mol. The van der Waals surface area contributed by atoms with Crippen LogP contribution in [-0.2, 0) is 0 Å². The third-order valence-electron chi connectivity index (χ3n) is 13.7. The highest BCUT2D eigenvalue weighted by atomic mass is 15.2. The van der Waals surface area contributed by atoms with Gasteiger partial charge >= 0.3 is 0 Å². The fraction of sp³-hybridized carbons (Fsp3) is 0. The summed E-state index contributed by atoms with van der Waals surface area (Å²) >= 11 is 0. The second kappa shape index (κ2) is 19.8. The quantitative estimate of drug-likeness (QED) is 0.120. The molecule has 0 aliphatic heterocycles. The molecule has 12 rings (SSSR count). The molecule has 72 heavy (non-hydrogen) atoms. The Bertz CT molecular complexity index is 3550. The molecule has 0 aliphatic carbocycles. The Morgan fingerprint density at radius 1 is 0.194 bits per heavy atom. The largest absolute Gasteiger partial charge is 0.310 e. The van der Waals surface area contributed by atoms with E-state index < -0.39 is 0 Å². The molecule has 0 saturated carbocycles. The number of rotatable bonds is 12. The van der Waals surface area contributed by atoms with Crippen molar-refractivity contribution < 1.29 is 0 Å². The SMILES string of the molecule is c1ccc(-c2ccc(N(c3ccc(-c4ccccc4)cc3)c3cc4c(-c5ccccc5)c(N(c5ccc(-c6ccccc6)cc5)c5ccc(-c6ccccc6)cc5)ccc4cc3-c3ccccc3)cc2)cc1. The minimum Gasteiger partial charge on any atom is -0.310 e. The summed E-state index contributed by atoms with van der Waals surface area (Å²) in [5.41, 5.74) is 20.4. The molecule has 0 radical (unpaired) electrons. The molecule has 12 aromatic rings. The van der Waals surface area contributed by atoms with E-state index in [0.29, 0.717) is 0 Å². The summed E-state index contributed by atoms with van der Waals surface area (Å²) in [5.74, 6) is 0. The van der Waals surface area contributed by atoms with Gasteiger partial charge < -0.3 is 9.80 Å². The van der Waals surface area contributed by atoms with Crippen molar-refractivity contribution >= 4 is 44.9 Å². The van der Waals surface area contributed by atoms with E-state index in [1.165, 1.54) is 44.5 Å². The van der Waals surface area contributed by atoms with E-state index in [9.17, 15) is 0 Å². The maximum Gasteiger partial charge on any atom is 0.0546 e. The predicted octanol–water partition coefficient (Wildman–Crippen LogP) is 19.8. The molecule has 0 heterocycles. The zero-order chi connectivity index (χ0) is 48.1. The maximum absolute atomic E-state index is 2.44. The highest BCUT2D eigenvalue weighted by Crippen LogP contribution is 2.49. The van der Waals surface area contributed by atoms with E-state index >= 15 is 0 Å². The first kappa shape index (κ1) is 43.8. The zero-order valence-electron chi connectivity index (χ0n) is 39.8. The molecule has 0 amide bonds. The third-order valence-corrected chi connectivity index (χ3v) is 13.7. The van der Waals surface area contributed by atoms with E-state index in [2.05, 4.69) is 313 Å². The lowest BCUT2D eigenvalue weighted by Crippen LogP contribution is -2.13. The van der Waals surface area contributed by atoms with Gasteiger partial charge in [-0.25, -0.2) is 0 Å². The van der Waals surface area contributed by atoms with E-state index in [1.54, 1.807) is 0 Å². The normalized spacial score (nSPS) is 11.1. The number of anilines is 6. The van der Waals surface area contributed by atoms with Gasteiger partial charge in [-0.3, -0.25) is 0 Å². The molecule has 0 atom stereocenters. The van der Waals surface area contributed by atoms with E-state index in [1.807, 2.05) is 0 Å². The smallest absolute Gasteiger partial charge is 0.0546 e. The lowest BCUT2D eigenvalue weighted by molar-refractivity contribution is 1.28. The second-order valence-corrected chi connectivity index (χ2v) is 18.1. The molecule has 0 spiro atoms. The average Bonchev–Trinajstić information content (AvgIpc) is 3.47. The molecule has 0 fully saturated rings. The Morgan fingerprint density at radius 3 is 0.806 bits per heavy atom. The van der Waals surface area contributed by atoms with Gasteiger partial charge in [-0.2, -0.15) is 0 Å². The van der Waals surface area contributed by atoms with Gasteiger partial charge in [-0.15, -0.1) is 0 Å². The molecule has 0 aliphatic rings. The lowest BCUT2D eigenvalue weighted by atomic mass is 9.91. The van der Waals surface area contributed by atoms with Crippen LogP contribution in [-0.4, -0.2) is 0 Å². The van der Waals surface area contributed by atoms with Crippen molar-refractivity contribution in [2.45, 2.75) is 0 Å². The van der Waals surface area contributed by atoms with Crippen LogP contribution in [0.5, 0.6) is 0 Å². The van der Waals surface area contributed by atoms with Gasteiger partial charge in [0.2, 0.25) is 0 Å². The molecule has 0 unspecified atom stereocenters. The number of benzene rings is 12. The molecule has 2 heteroatoms. The summed E-state index contributed by atoms with van der Waals surface area (Å²) in [6, 6.07) is 110. The lowest BCUT2D eigenvalue weighted by Gasteiger charge is -2.31. The van der Waals surface area contributed by atoms with E-state index in [4.69, 9.17) is 0 Å². The Balaban J connectivity index is 1.10. The van der Waals surface area contributed by atoms with Crippen molar-refractivity contribution in [1.29, 1.82) is 0 Å². The van der Waals surface area contributed by atoms with Crippen LogP contribution in [0.4, 0.5) is 34.1 Å². The number of hydrogen-bond donors (Lipinski definition) is 0. The van der Waals surface area contributed by atoms with Crippen molar-refractivity contribution in [1.82, 2.24) is 0 Å². The van der Waals surface area contributed by atoms with Crippen LogP contribution in [0.3, 0.4) is 0 Å². The van der Waals surface area contributed by atoms with Gasteiger partial charge in [0.05, 0.1) is 11.4 Å². The van der Waals surface area contributed by atoms with Crippen molar-refractivity contribution in [2.75, 3.05) is 9.80 Å². The van der Waals surface area contributed by atoms with Crippen LogP contribution in [0, 0.1) is 0 Å². The highest BCUT2D eigenvalue weighted by molar-refractivity contribution is 6.10. The summed E-state index contributed by atoms with van der Waals surface area (Å²) in [6.07, 6.45) is 0. The first-order valence-corrected chi connectivity index (χ1v) is 24.7. The molecule has 2 nitrogen and oxygen atoms in total. The summed E-state index contributed by atoms with van der Waals surface area (Å²) < 4.78 is 0. The Labute approximate surface area is 422 Å². The van der Waals surface area contributed by atoms with Crippen LogP contribution in [0.25, 0.3) is 77.5 Å². The van der Waals surface area contributed by atoms with Gasteiger partial charge in [0.1, 0.15) is 0 Å². The summed E-state index contributed by atoms with van der Waals surface area (Å²) in [5, 5.41) is 2.30. The maximum atomic E-state index is 2.44. The van der Waals surface area contributed by atoms with Gasteiger partial charge in [-0.1, -0.05) is 237 Å². The van der Waals surface area contributed by atoms with Gasteiger partial charge in [-0.05, 0) is 133 Å². The topological polar surface area (TPSA) is 6.48 Å². The molecular formula is C70H50N2. The fourth-order valence-electron chi connectivity index (χ4n) is 10.1. The first-order chi connectivity index (χ1) is 35.7. The van der Waals surface area contributed by atoms with Crippen LogP contribution in [0.15, 0.2) is 303 Å². The monoisotopic (exact) mass is 918 g/mol. The number of nitrogens with zero attached hydrogens (tertiary/aromatic N) is 2. The predicted molar refractivity (Wildman–Crippen MR) is 306 cm³/mol. The zero-order valence-corrected chi connectivity index (χ0v) is 39.8. The van der Waals surface area contributed by atoms with Gasteiger partial charge in [0.15, 0.2) is 0 Å². The second-order valence-electron chi connectivity index (χ2n) is 18.1. The van der Waals surface area contributed by atoms with Crippen LogP contribution < -0.4 is 9.80 Å². The van der Waals surface area contributed by atoms with Crippen LogP contribution >= 0.6 is 0 Å². The van der Waals surface area contributed by atoms with Crippen molar-refractivity contribution in [3.05, 3.63) is 303 Å². The number of fused-ring (bicyclic) bond motifs is 1. The van der Waals surface area contributed by atoms with Crippen LogP contribution in [0.2, 0.25) is 0 Å². The molecule has 0 bridgehead atoms. The van der Waals surface area contributed by atoms with Crippen molar-refractivity contribution in [3.8, 4) is 66.8 Å². The minimum atomic E-state index is 1.06. The molecule has 12 aromatic carbocycles. The Morgan fingerprint density at radius 2 is 0.472 bits per heavy atom. The average molecular weight is 919 g/mol. The van der Waals surface area contributed by atoms with Crippen molar-refractivity contribution in [2.24, 2.45) is 0 Å². The van der Waals surface area contributed by atoms with Gasteiger partial charge in [0, 0.05) is 33.9 Å². The molecule has 0 saturated heterocycles. The molecule has 0 aromatic heterocycles. The third kappa shape index (κ3) is 8.86. The molecule has 340 valence electrons. The molecule has 0 N–H and O–H groups in total. The Kier molecular flexibility index (Phi) is 12.1. The first-order valence-electron chi connectivity index (χ1n) is 24.7.